The van der Waals surface area contributed by atoms with Crippen LogP contribution in [0.25, 0.3) is 10.9 Å². The Bertz CT molecular complexity index is 2870. The number of carboxylic acids is 1. The maximum absolute atomic E-state index is 14.2. The van der Waals surface area contributed by atoms with Crippen molar-refractivity contribution in [2.45, 2.75) is 56.0 Å². The predicted octanol–water partition coefficient (Wildman–Crippen LogP) is 14.1. The summed E-state index contributed by atoms with van der Waals surface area (Å²) in [6, 6.07) is 10.4. The van der Waals surface area contributed by atoms with Crippen molar-refractivity contribution in [2.75, 3.05) is 0 Å². The van der Waals surface area contributed by atoms with Crippen molar-refractivity contribution in [1.82, 2.24) is 0 Å². The molecule has 1 N–H and O–H groups in total. The molecule has 0 aliphatic carbocycles. The summed E-state index contributed by atoms with van der Waals surface area (Å²) in [5.41, 5.74) is -28.0. The molecule has 0 aliphatic heterocycles. The van der Waals surface area contributed by atoms with E-state index in [4.69, 9.17) is 0 Å². The van der Waals surface area contributed by atoms with Crippen LogP contribution in [0.4, 0.5) is 105 Å². The Kier molecular flexibility index (Phi) is 15.4. The van der Waals surface area contributed by atoms with E-state index < -0.39 is 201 Å². The van der Waals surface area contributed by atoms with Crippen molar-refractivity contribution >= 4 is 44.9 Å². The first-order valence-corrected chi connectivity index (χ1v) is 21.1. The maximum Gasteiger partial charge on any atom is 0.416 e. The number of rotatable bonds is 7. The lowest BCUT2D eigenvalue weighted by atomic mass is 9.12. The number of aromatic nitrogens is 1. The number of carboxylic acid groups (broad SMARTS) is 1. The molecule has 7 rings (SSSR count). The van der Waals surface area contributed by atoms with E-state index in [0.717, 1.165) is 16.5 Å². The molecule has 0 saturated carbocycles. The highest BCUT2D eigenvalue weighted by Gasteiger charge is 2.47. The van der Waals surface area contributed by atoms with Crippen molar-refractivity contribution in [3.63, 3.8) is 0 Å². The van der Waals surface area contributed by atoms with Crippen molar-refractivity contribution < 1.29 is 120 Å². The monoisotopic (exact) mass is 1130 g/mol. The third-order valence-corrected chi connectivity index (χ3v) is 11.8. The number of pyridine rings is 1. The van der Waals surface area contributed by atoms with Gasteiger partial charge in [-0.3, -0.25) is 0 Å². The summed E-state index contributed by atoms with van der Waals surface area (Å²) in [6.07, 6.45) is -52.9. The van der Waals surface area contributed by atoms with E-state index in [1.54, 1.807) is 12.1 Å². The summed E-state index contributed by atoms with van der Waals surface area (Å²) >= 11 is 0. The van der Waals surface area contributed by atoms with Gasteiger partial charge in [0.25, 0.3) is 0 Å². The van der Waals surface area contributed by atoms with Crippen LogP contribution in [0.5, 0.6) is 0 Å². The summed E-state index contributed by atoms with van der Waals surface area (Å²) in [4.78, 5) is 11.4. The average Bonchev–Trinajstić information content (AvgIpc) is 3.29. The van der Waals surface area contributed by atoms with Crippen LogP contribution >= 0.6 is 0 Å². The molecule has 1 aromatic heterocycles. The number of halogens is 24. The summed E-state index contributed by atoms with van der Waals surface area (Å²) in [7, 11) is 0. The van der Waals surface area contributed by atoms with Crippen LogP contribution in [-0.4, -0.2) is 17.2 Å². The van der Waals surface area contributed by atoms with E-state index in [1.807, 2.05) is 59.3 Å². The Morgan fingerprint density at radius 3 is 0.896 bits per heavy atom. The van der Waals surface area contributed by atoms with Crippen molar-refractivity contribution in [3.8, 4) is 0 Å². The molecule has 0 fully saturated rings. The lowest BCUT2D eigenvalue weighted by molar-refractivity contribution is -0.662. The molecular weight excluding hydrogens is 1100 g/mol. The molecule has 0 bridgehead atoms. The molecule has 7 aromatic rings. The zero-order valence-corrected chi connectivity index (χ0v) is 37.4. The van der Waals surface area contributed by atoms with Gasteiger partial charge in [-0.1, -0.05) is 84.9 Å². The summed E-state index contributed by atoms with van der Waals surface area (Å²) in [5.74, 6) is -0.899. The number of hydrogen-bond acceptors (Lipinski definition) is 1. The predicted molar refractivity (Wildman–Crippen MR) is 227 cm³/mol. The Morgan fingerprint density at radius 1 is 0.364 bits per heavy atom. The van der Waals surface area contributed by atoms with Gasteiger partial charge in [0.1, 0.15) is 11.7 Å². The molecule has 0 spiro atoms. The van der Waals surface area contributed by atoms with Crippen LogP contribution in [0.3, 0.4) is 0 Å². The van der Waals surface area contributed by atoms with E-state index in [0.29, 0.717) is 12.1 Å². The summed E-state index contributed by atoms with van der Waals surface area (Å²) in [6.45, 7) is 0.655. The van der Waals surface area contributed by atoms with E-state index in [-0.39, 0.29) is 0 Å². The molecule has 0 amide bonds. The SMILES string of the molecule is FC(F)(F)c1cc([B-](c2cc(C(F)(F)F)cc(C(F)(F)F)c2)(c2cc(C(F)(F)F)cc(C(F)(F)F)c2)c2cc(C(F)(F)F)cc(C(F)(F)F)c2)cc(C(F)(F)F)c1.O=C(O)c1cccc2ccc[n+](Cc3ccccc3)c12. The van der Waals surface area contributed by atoms with Crippen LogP contribution in [0.2, 0.25) is 0 Å². The normalized spacial score (nSPS) is 13.4. The second-order valence-corrected chi connectivity index (χ2v) is 16.9. The maximum atomic E-state index is 14.2. The number of para-hydroxylation sites is 1. The molecule has 1 heterocycles. The number of alkyl halides is 24. The van der Waals surface area contributed by atoms with Crippen molar-refractivity contribution in [1.29, 1.82) is 0 Å². The Balaban J connectivity index is 0.000000397. The van der Waals surface area contributed by atoms with Gasteiger partial charge in [0.15, 0.2) is 12.7 Å². The van der Waals surface area contributed by atoms with Crippen molar-refractivity contribution in [3.05, 3.63) is 195 Å². The molecule has 0 atom stereocenters. The molecule has 0 radical (unpaired) electrons. The fourth-order valence-electron chi connectivity index (χ4n) is 8.50. The summed E-state index contributed by atoms with van der Waals surface area (Å²) in [5, 5.41) is 10.3. The molecule has 0 saturated heterocycles. The van der Waals surface area contributed by atoms with Crippen LogP contribution in [0.15, 0.2) is 140 Å². The third-order valence-electron chi connectivity index (χ3n) is 11.8. The lowest BCUT2D eigenvalue weighted by Gasteiger charge is -2.46. The first-order chi connectivity index (χ1) is 35.0. The number of carbonyl (C=O) groups is 1. The zero-order valence-electron chi connectivity index (χ0n) is 37.4. The molecule has 28 heteroatoms. The van der Waals surface area contributed by atoms with Gasteiger partial charge in [0.2, 0.25) is 5.52 Å². The highest BCUT2D eigenvalue weighted by Crippen LogP contribution is 2.41. The van der Waals surface area contributed by atoms with Gasteiger partial charge in [-0.2, -0.15) is 132 Å². The van der Waals surface area contributed by atoms with Gasteiger partial charge >= 0.3 is 55.4 Å². The fourth-order valence-corrected chi connectivity index (χ4v) is 8.50. The van der Waals surface area contributed by atoms with E-state index in [2.05, 4.69) is 0 Å². The highest BCUT2D eigenvalue weighted by molar-refractivity contribution is 7.20. The first-order valence-electron chi connectivity index (χ1n) is 21.1. The Hall–Kier alpha value is -7.42. The largest absolute Gasteiger partial charge is 0.477 e. The third kappa shape index (κ3) is 13.1. The number of nitrogens with zero attached hydrogens (tertiary/aromatic N) is 1. The Morgan fingerprint density at radius 2 is 0.636 bits per heavy atom. The minimum absolute atomic E-state index is 0.332. The Labute approximate surface area is 415 Å². The quantitative estimate of drug-likeness (QED) is 0.0982. The average molecular weight is 1130 g/mol. The number of benzene rings is 6. The van der Waals surface area contributed by atoms with Gasteiger partial charge in [-0.05, 0) is 42.5 Å². The second kappa shape index (κ2) is 20.2. The molecule has 410 valence electrons. The molecule has 77 heavy (non-hydrogen) atoms. The van der Waals surface area contributed by atoms with Gasteiger partial charge in [0, 0.05) is 17.0 Å². The highest BCUT2D eigenvalue weighted by atomic mass is 19.4. The number of fused-ring (bicyclic) bond motifs is 1. The van der Waals surface area contributed by atoms with E-state index in [1.165, 1.54) is 0 Å². The number of hydrogen-bond donors (Lipinski definition) is 1. The standard InChI is InChI=1S/C32H12BF24.C17H13NO2/c34-25(35,36)13-1-14(26(37,38)39)6-21(5-13)33(22-7-15(27(40,41)42)2-16(8-22)28(43,44)45,23-9-17(29(46,47)48)3-18(10-23)30(49,50)51)24-11-19(31(52,53)54)4-20(12-24)32(55,56)57;19-17(20)15-10-4-8-14-9-5-11-18(16(14)15)12-13-6-2-1-3-7-13/h1-12H;1-11H,12H2/q-1;/p+1. The van der Waals surface area contributed by atoms with Gasteiger partial charge in [-0.25, -0.2) is 4.79 Å². The minimum Gasteiger partial charge on any atom is -0.477 e. The first kappa shape index (κ1) is 58.8. The zero-order chi connectivity index (χ0) is 57.9. The second-order valence-electron chi connectivity index (χ2n) is 16.9. The van der Waals surface area contributed by atoms with E-state index in [9.17, 15) is 115 Å². The van der Waals surface area contributed by atoms with Crippen LogP contribution in [0.1, 0.15) is 60.4 Å². The lowest BCUT2D eigenvalue weighted by Crippen LogP contribution is -2.75. The summed E-state index contributed by atoms with van der Waals surface area (Å²) < 4.78 is 343. The van der Waals surface area contributed by atoms with Gasteiger partial charge < -0.3 is 5.11 Å². The smallest absolute Gasteiger partial charge is 0.416 e. The molecule has 0 aliphatic rings. The molecular formula is C49H26BF24NO2. The fraction of sp³-hybridized carbons (Fsp3) is 0.184. The van der Waals surface area contributed by atoms with Crippen LogP contribution < -0.4 is 26.4 Å². The van der Waals surface area contributed by atoms with E-state index >= 15 is 0 Å². The van der Waals surface area contributed by atoms with Gasteiger partial charge in [0.05, 0.1) is 44.5 Å². The number of aromatic carboxylic acids is 1. The van der Waals surface area contributed by atoms with Crippen LogP contribution in [0, 0.1) is 0 Å². The molecule has 3 nitrogen and oxygen atoms in total. The van der Waals surface area contributed by atoms with Crippen LogP contribution in [-0.2, 0) is 56.0 Å². The topological polar surface area (TPSA) is 41.2 Å². The minimum atomic E-state index is -6.13. The van der Waals surface area contributed by atoms with Crippen molar-refractivity contribution in [2.24, 2.45) is 0 Å². The van der Waals surface area contributed by atoms with Gasteiger partial charge in [-0.15, -0.1) is 0 Å². The molecule has 0 unspecified atom stereocenters. The molecule has 6 aromatic carbocycles.